The SMILES string of the molecule is CC(=N)/C(=C(C)\N=C(/C)N)c1ccccc1N. The van der Waals surface area contributed by atoms with Crippen LogP contribution in [0.3, 0.4) is 0 Å². The van der Waals surface area contributed by atoms with Gasteiger partial charge in [-0.15, -0.1) is 0 Å². The second kappa shape index (κ2) is 5.30. The summed E-state index contributed by atoms with van der Waals surface area (Å²) in [6.45, 7) is 5.26. The Kier molecular flexibility index (Phi) is 4.04. The average Bonchev–Trinajstić information content (AvgIpc) is 2.19. The van der Waals surface area contributed by atoms with Crippen molar-refractivity contribution in [2.24, 2.45) is 10.7 Å². The highest BCUT2D eigenvalue weighted by molar-refractivity contribution is 6.23. The molecule has 0 aliphatic carbocycles. The molecule has 0 aliphatic heterocycles. The van der Waals surface area contributed by atoms with Gasteiger partial charge < -0.3 is 16.9 Å². The number of benzene rings is 1. The van der Waals surface area contributed by atoms with E-state index < -0.39 is 0 Å². The van der Waals surface area contributed by atoms with Gasteiger partial charge in [-0.25, -0.2) is 4.99 Å². The standard InChI is InChI=1S/C13H18N4/c1-8(14)13(9(2)17-10(3)15)11-6-4-5-7-12(11)16/h4-7,14H,16H2,1-3H3,(H2,15,17)/b13-9+,14-8?. The monoisotopic (exact) mass is 230 g/mol. The van der Waals surface area contributed by atoms with E-state index in [-0.39, 0.29) is 0 Å². The van der Waals surface area contributed by atoms with Crippen LogP contribution in [0.1, 0.15) is 26.3 Å². The molecular weight excluding hydrogens is 212 g/mol. The molecule has 0 atom stereocenters. The van der Waals surface area contributed by atoms with Crippen LogP contribution in [0.4, 0.5) is 5.69 Å². The van der Waals surface area contributed by atoms with Crippen molar-refractivity contribution < 1.29 is 0 Å². The van der Waals surface area contributed by atoms with Gasteiger partial charge in [-0.1, -0.05) is 18.2 Å². The Bertz CT molecular complexity index is 494. The Morgan fingerprint density at radius 2 is 1.76 bits per heavy atom. The maximum absolute atomic E-state index is 7.84. The van der Waals surface area contributed by atoms with E-state index in [1.807, 2.05) is 31.2 Å². The van der Waals surface area contributed by atoms with Crippen molar-refractivity contribution >= 4 is 22.8 Å². The van der Waals surface area contributed by atoms with Crippen molar-refractivity contribution in [3.8, 4) is 0 Å². The van der Waals surface area contributed by atoms with Gasteiger partial charge in [-0.3, -0.25) is 0 Å². The van der Waals surface area contributed by atoms with Crippen LogP contribution in [0.5, 0.6) is 0 Å². The van der Waals surface area contributed by atoms with E-state index in [1.54, 1.807) is 13.8 Å². The minimum Gasteiger partial charge on any atom is -0.398 e. The molecule has 0 aliphatic rings. The summed E-state index contributed by atoms with van der Waals surface area (Å²) in [5.74, 6) is 0.468. The molecule has 0 bridgehead atoms. The van der Waals surface area contributed by atoms with Crippen LogP contribution in [-0.2, 0) is 0 Å². The van der Waals surface area contributed by atoms with E-state index in [4.69, 9.17) is 16.9 Å². The van der Waals surface area contributed by atoms with Gasteiger partial charge in [0.15, 0.2) is 0 Å². The summed E-state index contributed by atoms with van der Waals surface area (Å²) in [6, 6.07) is 7.45. The molecule has 1 aromatic carbocycles. The number of amidine groups is 1. The van der Waals surface area contributed by atoms with Crippen molar-refractivity contribution in [2.75, 3.05) is 5.73 Å². The molecule has 4 heteroatoms. The van der Waals surface area contributed by atoms with E-state index in [9.17, 15) is 0 Å². The number of aliphatic imine (C=N–C) groups is 1. The van der Waals surface area contributed by atoms with Crippen LogP contribution >= 0.6 is 0 Å². The molecule has 0 spiro atoms. The van der Waals surface area contributed by atoms with E-state index in [1.165, 1.54) is 0 Å². The van der Waals surface area contributed by atoms with E-state index >= 15 is 0 Å². The lowest BCUT2D eigenvalue weighted by Crippen LogP contribution is -2.07. The highest BCUT2D eigenvalue weighted by Gasteiger charge is 2.10. The fourth-order valence-electron chi connectivity index (χ4n) is 1.71. The summed E-state index contributed by atoms with van der Waals surface area (Å²) in [7, 11) is 0. The Balaban J connectivity index is 3.44. The van der Waals surface area contributed by atoms with Gasteiger partial charge in [0.2, 0.25) is 0 Å². The summed E-state index contributed by atoms with van der Waals surface area (Å²) >= 11 is 0. The van der Waals surface area contributed by atoms with Gasteiger partial charge in [0, 0.05) is 28.2 Å². The van der Waals surface area contributed by atoms with Crippen molar-refractivity contribution in [3.05, 3.63) is 35.5 Å². The number of nitrogens with one attached hydrogen (secondary N) is 1. The molecule has 5 N–H and O–H groups in total. The second-order valence-corrected chi connectivity index (χ2v) is 3.93. The Hall–Kier alpha value is -2.10. The van der Waals surface area contributed by atoms with E-state index in [0.717, 1.165) is 11.1 Å². The van der Waals surface area contributed by atoms with Gasteiger partial charge in [0.25, 0.3) is 0 Å². The summed E-state index contributed by atoms with van der Waals surface area (Å²) < 4.78 is 0. The third kappa shape index (κ3) is 3.17. The van der Waals surface area contributed by atoms with Crippen LogP contribution in [0, 0.1) is 5.41 Å². The zero-order valence-electron chi connectivity index (χ0n) is 10.4. The van der Waals surface area contributed by atoms with Gasteiger partial charge in [-0.05, 0) is 26.8 Å². The first-order valence-electron chi connectivity index (χ1n) is 5.35. The van der Waals surface area contributed by atoms with Crippen LogP contribution in [0.25, 0.3) is 5.57 Å². The highest BCUT2D eigenvalue weighted by atomic mass is 14.9. The molecule has 0 saturated carbocycles. The molecule has 0 aromatic heterocycles. The fourth-order valence-corrected chi connectivity index (χ4v) is 1.71. The normalized spacial score (nSPS) is 13.2. The van der Waals surface area contributed by atoms with Crippen LogP contribution in [0.15, 0.2) is 35.0 Å². The molecule has 0 amide bonds. The lowest BCUT2D eigenvalue weighted by Gasteiger charge is -2.11. The number of hydrogen-bond acceptors (Lipinski definition) is 3. The predicted molar refractivity (Wildman–Crippen MR) is 74.1 cm³/mol. The molecule has 0 radical (unpaired) electrons. The predicted octanol–water partition coefficient (Wildman–Crippen LogP) is 2.42. The van der Waals surface area contributed by atoms with E-state index in [2.05, 4.69) is 4.99 Å². The van der Waals surface area contributed by atoms with Gasteiger partial charge in [0.05, 0.1) is 5.84 Å². The number of nitrogens with zero attached hydrogens (tertiary/aromatic N) is 1. The van der Waals surface area contributed by atoms with Crippen molar-refractivity contribution in [1.29, 1.82) is 5.41 Å². The minimum atomic E-state index is 0.422. The molecule has 0 fully saturated rings. The summed E-state index contributed by atoms with van der Waals surface area (Å²) in [6.07, 6.45) is 0. The first kappa shape index (κ1) is 13.0. The molecule has 1 rings (SSSR count). The maximum atomic E-state index is 7.84. The smallest absolute Gasteiger partial charge is 0.0961 e. The Morgan fingerprint density at radius 1 is 1.18 bits per heavy atom. The minimum absolute atomic E-state index is 0.422. The largest absolute Gasteiger partial charge is 0.398 e. The van der Waals surface area contributed by atoms with Crippen molar-refractivity contribution in [1.82, 2.24) is 0 Å². The first-order valence-corrected chi connectivity index (χ1v) is 5.35. The third-order valence-corrected chi connectivity index (χ3v) is 2.31. The van der Waals surface area contributed by atoms with Gasteiger partial charge in [0.1, 0.15) is 0 Å². The number of nitrogen functional groups attached to an aromatic ring is 1. The maximum Gasteiger partial charge on any atom is 0.0961 e. The number of hydrogen-bond donors (Lipinski definition) is 3. The lowest BCUT2D eigenvalue weighted by molar-refractivity contribution is 1.28. The summed E-state index contributed by atoms with van der Waals surface area (Å²) in [5, 5.41) is 7.84. The number of anilines is 1. The van der Waals surface area contributed by atoms with Crippen LogP contribution in [0.2, 0.25) is 0 Å². The highest BCUT2D eigenvalue weighted by Crippen LogP contribution is 2.25. The summed E-state index contributed by atoms with van der Waals surface area (Å²) in [5.41, 5.74) is 14.8. The van der Waals surface area contributed by atoms with Gasteiger partial charge in [-0.2, -0.15) is 0 Å². The van der Waals surface area contributed by atoms with Crippen molar-refractivity contribution in [3.63, 3.8) is 0 Å². The Morgan fingerprint density at radius 3 is 2.24 bits per heavy atom. The Labute approximate surface area is 102 Å². The second-order valence-electron chi connectivity index (χ2n) is 3.93. The lowest BCUT2D eigenvalue weighted by atomic mass is 9.98. The van der Waals surface area contributed by atoms with E-state index in [0.29, 0.717) is 22.9 Å². The molecule has 0 heterocycles. The molecule has 0 unspecified atom stereocenters. The molecule has 1 aromatic rings. The zero-order valence-corrected chi connectivity index (χ0v) is 10.4. The molecule has 17 heavy (non-hydrogen) atoms. The van der Waals surface area contributed by atoms with Gasteiger partial charge >= 0.3 is 0 Å². The van der Waals surface area contributed by atoms with Crippen molar-refractivity contribution in [2.45, 2.75) is 20.8 Å². The quantitative estimate of drug-likeness (QED) is 0.423. The fraction of sp³-hybridized carbons (Fsp3) is 0.231. The topological polar surface area (TPSA) is 88.2 Å². The molecular formula is C13H18N4. The number of rotatable bonds is 3. The van der Waals surface area contributed by atoms with Crippen LogP contribution < -0.4 is 11.5 Å². The summed E-state index contributed by atoms with van der Waals surface area (Å²) in [4.78, 5) is 4.19. The third-order valence-electron chi connectivity index (χ3n) is 2.31. The average molecular weight is 230 g/mol. The zero-order chi connectivity index (χ0) is 13.0. The number of nitrogens with two attached hydrogens (primary N) is 2. The molecule has 90 valence electrons. The number of allylic oxidation sites excluding steroid dienone is 2. The van der Waals surface area contributed by atoms with Crippen LogP contribution in [-0.4, -0.2) is 11.5 Å². The number of para-hydroxylation sites is 1. The first-order chi connectivity index (χ1) is 7.93. The molecule has 4 nitrogen and oxygen atoms in total. The molecule has 0 saturated heterocycles.